The molecule has 2 aromatic rings. The first-order valence-electron chi connectivity index (χ1n) is 6.29. The average molecular weight is 269 g/mol. The number of nitrogens with one attached hydrogen (secondary N) is 1. The van der Waals surface area contributed by atoms with Gasteiger partial charge in [-0.25, -0.2) is 4.79 Å². The molecule has 0 saturated carbocycles. The minimum absolute atomic E-state index is 0.211. The van der Waals surface area contributed by atoms with E-state index in [2.05, 4.69) is 5.32 Å². The fraction of sp³-hybridized carbons (Fsp3) is 0.125. The lowest BCUT2D eigenvalue weighted by Gasteiger charge is -2.10. The van der Waals surface area contributed by atoms with E-state index in [1.54, 1.807) is 18.2 Å². The van der Waals surface area contributed by atoms with Gasteiger partial charge in [0.15, 0.2) is 0 Å². The Balaban J connectivity index is 1.93. The monoisotopic (exact) mass is 269 g/mol. The number of hydrogen-bond acceptors (Lipinski definition) is 3. The standard InChI is InChI=1S/C16H15NO3/c18-11-10-14-8-4-5-9-15(14)17-16(19)20-12-13-6-2-1-3-7-13/h1-9,11H,10,12H2,(H,17,19). The van der Waals surface area contributed by atoms with Crippen LogP contribution in [0, 0.1) is 0 Å². The molecule has 0 aliphatic heterocycles. The first-order chi connectivity index (χ1) is 9.79. The molecule has 1 amide bonds. The number of carbonyl (C=O) groups is 2. The molecule has 2 aromatic carbocycles. The highest BCUT2D eigenvalue weighted by molar-refractivity contribution is 5.86. The third-order valence-corrected chi connectivity index (χ3v) is 2.77. The summed E-state index contributed by atoms with van der Waals surface area (Å²) in [4.78, 5) is 22.3. The molecule has 0 aromatic heterocycles. The second-order valence-corrected chi connectivity index (χ2v) is 4.21. The Bertz CT molecular complexity index is 581. The molecule has 0 radical (unpaired) electrons. The summed E-state index contributed by atoms with van der Waals surface area (Å²) in [7, 11) is 0. The maximum atomic E-state index is 11.7. The molecular formula is C16H15NO3. The lowest BCUT2D eigenvalue weighted by Crippen LogP contribution is -2.14. The second-order valence-electron chi connectivity index (χ2n) is 4.21. The Labute approximate surface area is 117 Å². The molecule has 0 atom stereocenters. The van der Waals surface area contributed by atoms with Gasteiger partial charge in [0.1, 0.15) is 12.9 Å². The van der Waals surface area contributed by atoms with Gasteiger partial charge in [0, 0.05) is 12.1 Å². The van der Waals surface area contributed by atoms with E-state index >= 15 is 0 Å². The molecule has 0 aliphatic rings. The normalized spacial score (nSPS) is 9.80. The van der Waals surface area contributed by atoms with Crippen molar-refractivity contribution in [3.63, 3.8) is 0 Å². The van der Waals surface area contributed by atoms with E-state index in [4.69, 9.17) is 4.74 Å². The number of rotatable bonds is 5. The lowest BCUT2D eigenvalue weighted by molar-refractivity contribution is -0.107. The Morgan fingerprint density at radius 2 is 1.75 bits per heavy atom. The van der Waals surface area contributed by atoms with Crippen molar-refractivity contribution < 1.29 is 14.3 Å². The summed E-state index contributed by atoms with van der Waals surface area (Å²) >= 11 is 0. The summed E-state index contributed by atoms with van der Waals surface area (Å²) in [6.45, 7) is 0.211. The molecule has 0 bridgehead atoms. The van der Waals surface area contributed by atoms with Crippen molar-refractivity contribution >= 4 is 18.1 Å². The molecule has 20 heavy (non-hydrogen) atoms. The van der Waals surface area contributed by atoms with Gasteiger partial charge in [-0.15, -0.1) is 0 Å². The summed E-state index contributed by atoms with van der Waals surface area (Å²) in [6.07, 6.45) is 0.525. The van der Waals surface area contributed by atoms with Crippen LogP contribution in [-0.2, 0) is 22.6 Å². The molecule has 0 saturated heterocycles. The number of amides is 1. The van der Waals surface area contributed by atoms with Crippen molar-refractivity contribution in [1.82, 2.24) is 0 Å². The van der Waals surface area contributed by atoms with Gasteiger partial charge in [0.05, 0.1) is 0 Å². The number of aldehydes is 1. The maximum Gasteiger partial charge on any atom is 0.411 e. The van der Waals surface area contributed by atoms with Crippen LogP contribution in [0.5, 0.6) is 0 Å². The van der Waals surface area contributed by atoms with Crippen LogP contribution >= 0.6 is 0 Å². The van der Waals surface area contributed by atoms with Gasteiger partial charge < -0.3 is 9.53 Å². The zero-order valence-corrected chi connectivity index (χ0v) is 10.9. The topological polar surface area (TPSA) is 55.4 Å². The molecule has 0 aliphatic carbocycles. The molecule has 0 unspecified atom stereocenters. The maximum absolute atomic E-state index is 11.7. The van der Waals surface area contributed by atoms with Crippen LogP contribution in [0.2, 0.25) is 0 Å². The predicted octanol–water partition coefficient (Wildman–Crippen LogP) is 3.18. The van der Waals surface area contributed by atoms with Crippen molar-refractivity contribution in [2.24, 2.45) is 0 Å². The molecule has 4 heteroatoms. The van der Waals surface area contributed by atoms with E-state index in [1.165, 1.54) is 0 Å². The van der Waals surface area contributed by atoms with Crippen molar-refractivity contribution in [1.29, 1.82) is 0 Å². The SMILES string of the molecule is O=CCc1ccccc1NC(=O)OCc1ccccc1. The third-order valence-electron chi connectivity index (χ3n) is 2.77. The highest BCUT2D eigenvalue weighted by Crippen LogP contribution is 2.15. The highest BCUT2D eigenvalue weighted by atomic mass is 16.5. The van der Waals surface area contributed by atoms with E-state index in [-0.39, 0.29) is 13.0 Å². The zero-order valence-electron chi connectivity index (χ0n) is 10.9. The van der Waals surface area contributed by atoms with Gasteiger partial charge in [0.25, 0.3) is 0 Å². The fourth-order valence-electron chi connectivity index (χ4n) is 1.78. The van der Waals surface area contributed by atoms with Crippen molar-refractivity contribution in [3.05, 3.63) is 65.7 Å². The molecule has 0 spiro atoms. The molecule has 1 N–H and O–H groups in total. The second kappa shape index (κ2) is 7.09. The Hall–Kier alpha value is -2.62. The number of carbonyl (C=O) groups excluding carboxylic acids is 2. The number of ether oxygens (including phenoxy) is 1. The van der Waals surface area contributed by atoms with Gasteiger partial charge in [-0.3, -0.25) is 5.32 Å². The van der Waals surface area contributed by atoms with Crippen LogP contribution in [0.4, 0.5) is 10.5 Å². The average Bonchev–Trinajstić information content (AvgIpc) is 2.49. The van der Waals surface area contributed by atoms with Gasteiger partial charge in [-0.1, -0.05) is 48.5 Å². The summed E-state index contributed by atoms with van der Waals surface area (Å²) in [5, 5.41) is 2.65. The van der Waals surface area contributed by atoms with Crippen LogP contribution in [0.1, 0.15) is 11.1 Å². The molecule has 0 heterocycles. The minimum atomic E-state index is -0.535. The van der Waals surface area contributed by atoms with Crippen LogP contribution in [0.25, 0.3) is 0 Å². The highest BCUT2D eigenvalue weighted by Gasteiger charge is 2.07. The summed E-state index contributed by atoms with van der Waals surface area (Å²) in [5.74, 6) is 0. The third kappa shape index (κ3) is 3.95. The Kier molecular flexibility index (Phi) is 4.89. The summed E-state index contributed by atoms with van der Waals surface area (Å²) < 4.78 is 5.13. The van der Waals surface area contributed by atoms with Crippen molar-refractivity contribution in [3.8, 4) is 0 Å². The van der Waals surface area contributed by atoms with E-state index in [0.29, 0.717) is 5.69 Å². The Morgan fingerprint density at radius 3 is 2.50 bits per heavy atom. The molecule has 0 fully saturated rings. The first kappa shape index (κ1) is 13.8. The minimum Gasteiger partial charge on any atom is -0.444 e. The van der Waals surface area contributed by atoms with E-state index < -0.39 is 6.09 Å². The van der Waals surface area contributed by atoms with Crippen molar-refractivity contribution in [2.45, 2.75) is 13.0 Å². The molecule has 2 rings (SSSR count). The zero-order chi connectivity index (χ0) is 14.2. The fourth-order valence-corrected chi connectivity index (χ4v) is 1.78. The van der Waals surface area contributed by atoms with E-state index in [0.717, 1.165) is 17.4 Å². The molecular weight excluding hydrogens is 254 g/mol. The lowest BCUT2D eigenvalue weighted by atomic mass is 10.1. The first-order valence-corrected chi connectivity index (χ1v) is 6.29. The van der Waals surface area contributed by atoms with Crippen LogP contribution in [-0.4, -0.2) is 12.4 Å². The molecule has 102 valence electrons. The van der Waals surface area contributed by atoms with E-state index in [9.17, 15) is 9.59 Å². The number of anilines is 1. The molecule has 4 nitrogen and oxygen atoms in total. The van der Waals surface area contributed by atoms with Gasteiger partial charge in [0.2, 0.25) is 0 Å². The number of hydrogen-bond donors (Lipinski definition) is 1. The Morgan fingerprint density at radius 1 is 1.05 bits per heavy atom. The summed E-state index contributed by atoms with van der Waals surface area (Å²) in [6, 6.07) is 16.6. The van der Waals surface area contributed by atoms with Gasteiger partial charge >= 0.3 is 6.09 Å². The quantitative estimate of drug-likeness (QED) is 0.848. The van der Waals surface area contributed by atoms with Crippen LogP contribution in [0.3, 0.4) is 0 Å². The number of para-hydroxylation sites is 1. The van der Waals surface area contributed by atoms with Crippen LogP contribution < -0.4 is 5.32 Å². The number of benzene rings is 2. The van der Waals surface area contributed by atoms with Crippen LogP contribution in [0.15, 0.2) is 54.6 Å². The smallest absolute Gasteiger partial charge is 0.411 e. The van der Waals surface area contributed by atoms with E-state index in [1.807, 2.05) is 36.4 Å². The summed E-state index contributed by atoms with van der Waals surface area (Å²) in [5.41, 5.74) is 2.28. The largest absolute Gasteiger partial charge is 0.444 e. The van der Waals surface area contributed by atoms with Crippen molar-refractivity contribution in [2.75, 3.05) is 5.32 Å². The predicted molar refractivity (Wildman–Crippen MR) is 76.5 cm³/mol. The van der Waals surface area contributed by atoms with Gasteiger partial charge in [-0.2, -0.15) is 0 Å². The van der Waals surface area contributed by atoms with Gasteiger partial charge in [-0.05, 0) is 17.2 Å².